The summed E-state index contributed by atoms with van der Waals surface area (Å²) in [4.78, 5) is 0. The Morgan fingerprint density at radius 3 is 2.67 bits per heavy atom. The minimum atomic E-state index is -0.452. The van der Waals surface area contributed by atoms with Gasteiger partial charge in [-0.05, 0) is 31.4 Å². The Labute approximate surface area is 108 Å². The summed E-state index contributed by atoms with van der Waals surface area (Å²) < 4.78 is 16.5. The van der Waals surface area contributed by atoms with Crippen molar-refractivity contribution < 1.29 is 14.2 Å². The zero-order valence-corrected chi connectivity index (χ0v) is 10.8. The van der Waals surface area contributed by atoms with Crippen molar-refractivity contribution in [3.05, 3.63) is 29.8 Å². The van der Waals surface area contributed by atoms with Gasteiger partial charge in [-0.15, -0.1) is 0 Å². The number of hydrogen-bond acceptors (Lipinski definition) is 3. The molecule has 18 heavy (non-hydrogen) atoms. The third-order valence-corrected chi connectivity index (χ3v) is 2.65. The Balaban J connectivity index is 1.96. The van der Waals surface area contributed by atoms with E-state index in [4.69, 9.17) is 14.2 Å². The van der Waals surface area contributed by atoms with Crippen molar-refractivity contribution >= 4 is 0 Å². The van der Waals surface area contributed by atoms with E-state index < -0.39 is 6.29 Å². The molecule has 3 heteroatoms. The topological polar surface area (TPSA) is 27.7 Å². The van der Waals surface area contributed by atoms with Crippen LogP contribution in [0.4, 0.5) is 0 Å². The molecule has 1 aromatic rings. The van der Waals surface area contributed by atoms with Crippen molar-refractivity contribution in [2.45, 2.75) is 32.7 Å². The molecular weight excluding hydrogens is 228 g/mol. The van der Waals surface area contributed by atoms with Gasteiger partial charge in [-0.2, -0.15) is 0 Å². The Hall–Kier alpha value is -1.50. The average Bonchev–Trinajstić information content (AvgIpc) is 2.79. The molecule has 0 saturated heterocycles. The van der Waals surface area contributed by atoms with Gasteiger partial charge in [0.1, 0.15) is 5.75 Å². The molecule has 1 aromatic carbocycles. The van der Waals surface area contributed by atoms with E-state index in [1.165, 1.54) is 5.56 Å². The minimum Gasteiger partial charge on any atom is -0.477 e. The fraction of sp³-hybridized carbons (Fsp3) is 0.467. The number of benzene rings is 1. The highest BCUT2D eigenvalue weighted by Crippen LogP contribution is 2.27. The van der Waals surface area contributed by atoms with Gasteiger partial charge in [0.25, 0.3) is 0 Å². The molecule has 0 N–H and O–H groups in total. The van der Waals surface area contributed by atoms with Crippen molar-refractivity contribution in [3.63, 3.8) is 0 Å². The van der Waals surface area contributed by atoms with E-state index in [1.54, 1.807) is 0 Å². The Morgan fingerprint density at radius 2 is 2.00 bits per heavy atom. The first-order chi connectivity index (χ1) is 8.83. The van der Waals surface area contributed by atoms with Crippen LogP contribution in [0.1, 0.15) is 19.4 Å². The van der Waals surface area contributed by atoms with Crippen molar-refractivity contribution in [2.75, 3.05) is 13.2 Å². The fourth-order valence-electron chi connectivity index (χ4n) is 1.86. The fourth-order valence-corrected chi connectivity index (χ4v) is 1.86. The predicted octanol–water partition coefficient (Wildman–Crippen LogP) is 2.39. The summed E-state index contributed by atoms with van der Waals surface area (Å²) >= 11 is 0. The molecule has 0 aliphatic carbocycles. The molecule has 0 bridgehead atoms. The molecule has 96 valence electrons. The normalized spacial score (nSPS) is 16.9. The lowest BCUT2D eigenvalue weighted by atomic mass is 10.1. The zero-order chi connectivity index (χ0) is 12.8. The summed E-state index contributed by atoms with van der Waals surface area (Å²) in [5.41, 5.74) is 1.21. The van der Waals surface area contributed by atoms with Gasteiger partial charge < -0.3 is 14.2 Å². The van der Waals surface area contributed by atoms with E-state index in [2.05, 4.69) is 17.9 Å². The van der Waals surface area contributed by atoms with Gasteiger partial charge in [-0.3, -0.25) is 0 Å². The van der Waals surface area contributed by atoms with Crippen LogP contribution in [0.15, 0.2) is 24.3 Å². The lowest BCUT2D eigenvalue weighted by Crippen LogP contribution is -2.17. The maximum atomic E-state index is 5.73. The number of rotatable bonds is 4. The Kier molecular flexibility index (Phi) is 4.63. The summed E-state index contributed by atoms with van der Waals surface area (Å²) in [6.45, 7) is 5.03. The lowest BCUT2D eigenvalue weighted by molar-refractivity contribution is -0.0971. The van der Waals surface area contributed by atoms with E-state index in [0.29, 0.717) is 13.2 Å². The van der Waals surface area contributed by atoms with Gasteiger partial charge >= 0.3 is 0 Å². The van der Waals surface area contributed by atoms with Gasteiger partial charge in [0, 0.05) is 19.6 Å². The largest absolute Gasteiger partial charge is 0.477 e. The quantitative estimate of drug-likeness (QED) is 0.603. The summed E-state index contributed by atoms with van der Waals surface area (Å²) in [6, 6.07) is 8.03. The molecule has 0 saturated carbocycles. The monoisotopic (exact) mass is 246 g/mol. The first kappa shape index (κ1) is 12.9. The number of ether oxygens (including phenoxy) is 3. The number of hydrogen-bond donors (Lipinski definition) is 0. The van der Waals surface area contributed by atoms with E-state index in [9.17, 15) is 0 Å². The molecule has 0 amide bonds. The lowest BCUT2D eigenvalue weighted by Gasteiger charge is -2.10. The van der Waals surface area contributed by atoms with Crippen LogP contribution in [0.2, 0.25) is 0 Å². The van der Waals surface area contributed by atoms with Crippen LogP contribution in [0.25, 0.3) is 0 Å². The van der Waals surface area contributed by atoms with E-state index in [1.807, 2.05) is 32.0 Å². The van der Waals surface area contributed by atoms with Crippen LogP contribution in [-0.4, -0.2) is 25.6 Å². The summed E-state index contributed by atoms with van der Waals surface area (Å²) in [6.07, 6.45) is 0.284. The molecule has 1 atom stereocenters. The van der Waals surface area contributed by atoms with Crippen LogP contribution in [0, 0.1) is 11.8 Å². The van der Waals surface area contributed by atoms with Crippen LogP contribution in [-0.2, 0) is 15.9 Å². The minimum absolute atomic E-state index is 0.0918. The zero-order valence-electron chi connectivity index (χ0n) is 10.8. The third kappa shape index (κ3) is 3.25. The standard InChI is InChI=1S/C15H18O3/c1-3-16-15(17-4-2)10-9-13-11-12-7-5-6-8-14(12)18-13/h5-8,13,15H,3-4,11H2,1-2H3. The third-order valence-electron chi connectivity index (χ3n) is 2.65. The number of fused-ring (bicyclic) bond motifs is 1. The van der Waals surface area contributed by atoms with Crippen LogP contribution in [0.5, 0.6) is 5.75 Å². The number of para-hydroxylation sites is 1. The Morgan fingerprint density at radius 1 is 1.28 bits per heavy atom. The summed E-state index contributed by atoms with van der Waals surface area (Å²) in [5.74, 6) is 6.99. The molecule has 1 aliphatic heterocycles. The molecular formula is C15H18O3. The molecule has 0 spiro atoms. The van der Waals surface area contributed by atoms with Crippen molar-refractivity contribution in [2.24, 2.45) is 0 Å². The molecule has 1 aliphatic rings. The van der Waals surface area contributed by atoms with Crippen molar-refractivity contribution in [1.29, 1.82) is 0 Å². The second kappa shape index (κ2) is 6.44. The van der Waals surface area contributed by atoms with Gasteiger partial charge in [0.2, 0.25) is 6.29 Å². The van der Waals surface area contributed by atoms with Crippen LogP contribution in [0.3, 0.4) is 0 Å². The van der Waals surface area contributed by atoms with Gasteiger partial charge in [0.15, 0.2) is 6.10 Å². The van der Waals surface area contributed by atoms with E-state index in [-0.39, 0.29) is 6.10 Å². The van der Waals surface area contributed by atoms with Gasteiger partial charge in [-0.1, -0.05) is 24.1 Å². The highest BCUT2D eigenvalue weighted by molar-refractivity contribution is 5.39. The van der Waals surface area contributed by atoms with Gasteiger partial charge in [0.05, 0.1) is 0 Å². The molecule has 0 aromatic heterocycles. The van der Waals surface area contributed by atoms with E-state index >= 15 is 0 Å². The molecule has 1 unspecified atom stereocenters. The van der Waals surface area contributed by atoms with Gasteiger partial charge in [-0.25, -0.2) is 0 Å². The van der Waals surface area contributed by atoms with E-state index in [0.717, 1.165) is 12.2 Å². The second-order valence-corrected chi connectivity index (χ2v) is 3.95. The average molecular weight is 246 g/mol. The SMILES string of the molecule is CCOC(C#CC1Cc2ccccc2O1)OCC. The molecule has 1 heterocycles. The first-order valence-corrected chi connectivity index (χ1v) is 6.32. The highest BCUT2D eigenvalue weighted by atomic mass is 16.7. The molecule has 3 nitrogen and oxygen atoms in total. The summed E-state index contributed by atoms with van der Waals surface area (Å²) in [5, 5.41) is 0. The molecule has 0 radical (unpaired) electrons. The van der Waals surface area contributed by atoms with Crippen molar-refractivity contribution in [1.82, 2.24) is 0 Å². The van der Waals surface area contributed by atoms with Crippen molar-refractivity contribution in [3.8, 4) is 17.6 Å². The van der Waals surface area contributed by atoms with Crippen LogP contribution < -0.4 is 4.74 Å². The highest BCUT2D eigenvalue weighted by Gasteiger charge is 2.20. The van der Waals surface area contributed by atoms with Crippen LogP contribution >= 0.6 is 0 Å². The Bertz CT molecular complexity index is 414. The molecule has 0 fully saturated rings. The smallest absolute Gasteiger partial charge is 0.222 e. The maximum absolute atomic E-state index is 5.73. The first-order valence-electron chi connectivity index (χ1n) is 6.32. The predicted molar refractivity (Wildman–Crippen MR) is 69.4 cm³/mol. The maximum Gasteiger partial charge on any atom is 0.222 e. The summed E-state index contributed by atoms with van der Waals surface area (Å²) in [7, 11) is 0. The molecule has 2 rings (SSSR count). The second-order valence-electron chi connectivity index (χ2n) is 3.95.